The standard InChI is InChI=1S/C22H24F2N4S/c1-15-6-7-20(28-9-4-8-22(23,24)14-28)18(11-15)16(2)25-13-17-12-19(27-26-17)21-5-3-10-29-21/h3,5-7,10-12,25H,2,4,8-9,13-14H2,1H3,(H,26,27). The maximum atomic E-state index is 13.9. The summed E-state index contributed by atoms with van der Waals surface area (Å²) in [4.78, 5) is 2.91. The first-order valence-electron chi connectivity index (χ1n) is 9.66. The Kier molecular flexibility index (Phi) is 5.41. The minimum atomic E-state index is -2.65. The van der Waals surface area contributed by atoms with Crippen molar-refractivity contribution in [1.29, 1.82) is 0 Å². The van der Waals surface area contributed by atoms with E-state index in [0.717, 1.165) is 33.1 Å². The lowest BCUT2D eigenvalue weighted by Crippen LogP contribution is -2.43. The number of hydrogen-bond donors (Lipinski definition) is 2. The fourth-order valence-corrected chi connectivity index (χ4v) is 4.34. The monoisotopic (exact) mass is 414 g/mol. The molecule has 2 N–H and O–H groups in total. The number of aromatic nitrogens is 2. The van der Waals surface area contributed by atoms with Crippen molar-refractivity contribution in [3.8, 4) is 10.6 Å². The molecule has 7 heteroatoms. The molecule has 3 aromatic rings. The molecule has 29 heavy (non-hydrogen) atoms. The van der Waals surface area contributed by atoms with Crippen LogP contribution in [0.15, 0.2) is 48.4 Å². The lowest BCUT2D eigenvalue weighted by Gasteiger charge is -2.35. The van der Waals surface area contributed by atoms with Crippen molar-refractivity contribution >= 4 is 22.7 Å². The molecule has 0 atom stereocenters. The molecular formula is C22H24F2N4S. The second-order valence-corrected chi connectivity index (χ2v) is 8.43. The highest BCUT2D eigenvalue weighted by atomic mass is 32.1. The quantitative estimate of drug-likeness (QED) is 0.564. The maximum absolute atomic E-state index is 13.9. The zero-order valence-corrected chi connectivity index (χ0v) is 17.2. The number of alkyl halides is 2. The number of thiophene rings is 1. The molecule has 3 heterocycles. The molecular weight excluding hydrogens is 390 g/mol. The number of piperidine rings is 1. The fraction of sp³-hybridized carbons (Fsp3) is 0.318. The molecule has 4 rings (SSSR count). The molecule has 0 spiro atoms. The van der Waals surface area contributed by atoms with E-state index in [4.69, 9.17) is 0 Å². The summed E-state index contributed by atoms with van der Waals surface area (Å²) in [5, 5.41) is 12.7. The van der Waals surface area contributed by atoms with Gasteiger partial charge in [-0.2, -0.15) is 5.10 Å². The summed E-state index contributed by atoms with van der Waals surface area (Å²) in [6.07, 6.45) is 0.439. The largest absolute Gasteiger partial charge is 0.379 e. The van der Waals surface area contributed by atoms with Crippen molar-refractivity contribution in [1.82, 2.24) is 15.5 Å². The van der Waals surface area contributed by atoms with Gasteiger partial charge in [-0.15, -0.1) is 11.3 Å². The maximum Gasteiger partial charge on any atom is 0.265 e. The molecule has 0 radical (unpaired) electrons. The van der Waals surface area contributed by atoms with E-state index in [1.165, 1.54) is 0 Å². The van der Waals surface area contributed by atoms with Crippen molar-refractivity contribution in [2.24, 2.45) is 0 Å². The van der Waals surface area contributed by atoms with Gasteiger partial charge in [-0.05, 0) is 43.0 Å². The molecule has 0 amide bonds. The first kappa shape index (κ1) is 19.6. The van der Waals surface area contributed by atoms with Gasteiger partial charge in [-0.1, -0.05) is 24.3 Å². The number of aryl methyl sites for hydroxylation is 1. The molecule has 0 saturated carbocycles. The topological polar surface area (TPSA) is 44.0 Å². The van der Waals surface area contributed by atoms with E-state index in [9.17, 15) is 8.78 Å². The van der Waals surface area contributed by atoms with Crippen LogP contribution < -0.4 is 10.2 Å². The Morgan fingerprint density at radius 1 is 1.34 bits per heavy atom. The minimum absolute atomic E-state index is 0.0460. The molecule has 0 aliphatic carbocycles. The number of H-pyrrole nitrogens is 1. The molecule has 152 valence electrons. The van der Waals surface area contributed by atoms with Gasteiger partial charge in [-0.25, -0.2) is 8.78 Å². The normalized spacial score (nSPS) is 16.0. The second-order valence-electron chi connectivity index (χ2n) is 7.48. The molecule has 4 nitrogen and oxygen atoms in total. The summed E-state index contributed by atoms with van der Waals surface area (Å²) in [7, 11) is 0. The van der Waals surface area contributed by atoms with E-state index in [2.05, 4.69) is 22.1 Å². The van der Waals surface area contributed by atoms with Crippen LogP contribution in [0, 0.1) is 6.92 Å². The Labute approximate surface area is 173 Å². The zero-order chi connectivity index (χ0) is 20.4. The second kappa shape index (κ2) is 7.99. The van der Waals surface area contributed by atoms with Crippen LogP contribution in [-0.2, 0) is 6.54 Å². The molecule has 1 saturated heterocycles. The van der Waals surface area contributed by atoms with E-state index < -0.39 is 5.92 Å². The van der Waals surface area contributed by atoms with Crippen molar-refractivity contribution in [3.63, 3.8) is 0 Å². The van der Waals surface area contributed by atoms with Gasteiger partial charge in [0.05, 0.1) is 29.4 Å². The Balaban J connectivity index is 1.49. The third kappa shape index (κ3) is 4.50. The van der Waals surface area contributed by atoms with E-state index in [1.54, 1.807) is 16.2 Å². The molecule has 0 unspecified atom stereocenters. The van der Waals surface area contributed by atoms with E-state index >= 15 is 0 Å². The van der Waals surface area contributed by atoms with Gasteiger partial charge in [0.2, 0.25) is 0 Å². The molecule has 1 fully saturated rings. The van der Waals surface area contributed by atoms with Crippen molar-refractivity contribution < 1.29 is 8.78 Å². The molecule has 1 aliphatic rings. The average Bonchev–Trinajstić information content (AvgIpc) is 3.37. The van der Waals surface area contributed by atoms with Crippen LogP contribution in [0.3, 0.4) is 0 Å². The number of halogens is 2. The van der Waals surface area contributed by atoms with Crippen LogP contribution in [-0.4, -0.2) is 29.2 Å². The van der Waals surface area contributed by atoms with Crippen LogP contribution in [0.1, 0.15) is 29.7 Å². The van der Waals surface area contributed by atoms with Crippen LogP contribution >= 0.6 is 11.3 Å². The number of nitrogens with one attached hydrogen (secondary N) is 2. The number of aromatic amines is 1. The number of anilines is 1. The van der Waals surface area contributed by atoms with Gasteiger partial charge in [0, 0.05) is 29.9 Å². The lowest BCUT2D eigenvalue weighted by molar-refractivity contribution is -0.0116. The van der Waals surface area contributed by atoms with Gasteiger partial charge >= 0.3 is 0 Å². The van der Waals surface area contributed by atoms with E-state index in [-0.39, 0.29) is 13.0 Å². The third-order valence-electron chi connectivity index (χ3n) is 5.11. The zero-order valence-electron chi connectivity index (χ0n) is 16.3. The molecule has 0 bridgehead atoms. The fourth-order valence-electron chi connectivity index (χ4n) is 3.64. The van der Waals surface area contributed by atoms with Gasteiger partial charge in [-0.3, -0.25) is 5.10 Å². The Morgan fingerprint density at radius 2 is 2.21 bits per heavy atom. The van der Waals surface area contributed by atoms with Gasteiger partial charge < -0.3 is 10.2 Å². The summed E-state index contributed by atoms with van der Waals surface area (Å²) in [5.41, 5.74) is 5.28. The first-order valence-corrected chi connectivity index (χ1v) is 10.5. The Morgan fingerprint density at radius 3 is 2.97 bits per heavy atom. The highest BCUT2D eigenvalue weighted by Crippen LogP contribution is 2.34. The van der Waals surface area contributed by atoms with Crippen molar-refractivity contribution in [2.45, 2.75) is 32.2 Å². The SMILES string of the molecule is C=C(NCc1cc(-c2cccs2)[nH]n1)c1cc(C)ccc1N1CCCC(F)(F)C1. The number of benzene rings is 1. The van der Waals surface area contributed by atoms with Gasteiger partial charge in [0.1, 0.15) is 0 Å². The van der Waals surface area contributed by atoms with Crippen molar-refractivity contribution in [3.05, 3.63) is 65.2 Å². The summed E-state index contributed by atoms with van der Waals surface area (Å²) >= 11 is 1.65. The van der Waals surface area contributed by atoms with Gasteiger partial charge in [0.25, 0.3) is 5.92 Å². The Bertz CT molecular complexity index is 994. The summed E-state index contributed by atoms with van der Waals surface area (Å²) in [6.45, 7) is 7.04. The number of nitrogens with zero attached hydrogens (tertiary/aromatic N) is 2. The predicted octanol–water partition coefficient (Wildman–Crippen LogP) is 5.44. The van der Waals surface area contributed by atoms with Crippen LogP contribution in [0.4, 0.5) is 14.5 Å². The van der Waals surface area contributed by atoms with Gasteiger partial charge in [0.15, 0.2) is 0 Å². The predicted molar refractivity (Wildman–Crippen MR) is 115 cm³/mol. The van der Waals surface area contributed by atoms with Crippen LogP contribution in [0.5, 0.6) is 0 Å². The summed E-state index contributed by atoms with van der Waals surface area (Å²) < 4.78 is 27.9. The molecule has 1 aromatic carbocycles. The van der Waals surface area contributed by atoms with E-state index in [1.807, 2.05) is 48.7 Å². The summed E-state index contributed by atoms with van der Waals surface area (Å²) in [5.74, 6) is -2.65. The first-order chi connectivity index (χ1) is 13.9. The minimum Gasteiger partial charge on any atom is -0.379 e. The summed E-state index contributed by atoms with van der Waals surface area (Å²) in [6, 6.07) is 11.9. The van der Waals surface area contributed by atoms with Crippen LogP contribution in [0.25, 0.3) is 16.3 Å². The molecule has 2 aromatic heterocycles. The third-order valence-corrected chi connectivity index (χ3v) is 6.01. The molecule has 1 aliphatic heterocycles. The number of hydrogen-bond acceptors (Lipinski definition) is 4. The Hall–Kier alpha value is -2.67. The average molecular weight is 415 g/mol. The van der Waals surface area contributed by atoms with E-state index in [0.29, 0.717) is 25.2 Å². The lowest BCUT2D eigenvalue weighted by atomic mass is 10.0. The number of rotatable bonds is 6. The highest BCUT2D eigenvalue weighted by molar-refractivity contribution is 7.13. The van der Waals surface area contributed by atoms with Crippen LogP contribution in [0.2, 0.25) is 0 Å². The smallest absolute Gasteiger partial charge is 0.265 e. The highest BCUT2D eigenvalue weighted by Gasteiger charge is 2.35. The van der Waals surface area contributed by atoms with Crippen molar-refractivity contribution in [2.75, 3.05) is 18.0 Å².